The summed E-state index contributed by atoms with van der Waals surface area (Å²) in [5.74, 6) is -0.380. The van der Waals surface area contributed by atoms with Gasteiger partial charge < -0.3 is 9.64 Å². The van der Waals surface area contributed by atoms with Crippen molar-refractivity contribution in [3.8, 4) is 0 Å². The molecule has 1 aliphatic heterocycles. The van der Waals surface area contributed by atoms with Crippen molar-refractivity contribution >= 4 is 28.5 Å². The fourth-order valence-electron chi connectivity index (χ4n) is 3.25. The summed E-state index contributed by atoms with van der Waals surface area (Å²) in [6.45, 7) is 6.97. The topological polar surface area (TPSA) is 66.9 Å². The third-order valence-corrected chi connectivity index (χ3v) is 5.78. The van der Waals surface area contributed by atoms with E-state index in [0.717, 1.165) is 11.3 Å². The minimum absolute atomic E-state index is 0.0666. The van der Waals surface area contributed by atoms with E-state index in [1.54, 1.807) is 29.3 Å². The van der Waals surface area contributed by atoms with E-state index in [4.69, 9.17) is 4.74 Å². The summed E-state index contributed by atoms with van der Waals surface area (Å²) in [4.78, 5) is 26.5. The molecule has 1 fully saturated rings. The first-order chi connectivity index (χ1) is 12.3. The number of benzene rings is 1. The van der Waals surface area contributed by atoms with Crippen molar-refractivity contribution in [2.75, 3.05) is 30.3 Å². The largest absolute Gasteiger partial charge is 0.466 e. The number of rotatable bonds is 6. The lowest BCUT2D eigenvalue weighted by molar-refractivity contribution is -0.151. The molecule has 0 radical (unpaired) electrons. The molecule has 26 heavy (non-hydrogen) atoms. The van der Waals surface area contributed by atoms with Crippen LogP contribution in [0.1, 0.15) is 32.3 Å². The first-order valence-electron chi connectivity index (χ1n) is 9.00. The third kappa shape index (κ3) is 4.84. The van der Waals surface area contributed by atoms with Crippen LogP contribution in [0.15, 0.2) is 24.3 Å². The lowest BCUT2D eigenvalue weighted by Crippen LogP contribution is -2.50. The normalized spacial score (nSPS) is 17.5. The fourth-order valence-corrected chi connectivity index (χ4v) is 4.20. The van der Waals surface area contributed by atoms with Crippen LogP contribution in [0.4, 0.5) is 5.69 Å². The van der Waals surface area contributed by atoms with Crippen molar-refractivity contribution < 1.29 is 18.5 Å². The van der Waals surface area contributed by atoms with Gasteiger partial charge in [-0.15, -0.1) is 0 Å². The molecule has 1 aromatic carbocycles. The number of carbonyl (C=O) groups is 2. The number of hydrogen-bond donors (Lipinski definition) is 0. The van der Waals surface area contributed by atoms with Gasteiger partial charge in [0.15, 0.2) is 0 Å². The minimum Gasteiger partial charge on any atom is -0.466 e. The molecule has 2 atom stereocenters. The number of anilines is 1. The Morgan fingerprint density at radius 2 is 1.85 bits per heavy atom. The minimum atomic E-state index is -1.32. The van der Waals surface area contributed by atoms with Crippen molar-refractivity contribution in [3.63, 3.8) is 0 Å². The fraction of sp³-hybridized carbons (Fsp3) is 0.579. The Bertz CT molecular complexity index is 654. The average molecular weight is 381 g/mol. The summed E-state index contributed by atoms with van der Waals surface area (Å²) < 4.78 is 19.0. The molecule has 0 saturated carbocycles. The summed E-state index contributed by atoms with van der Waals surface area (Å²) in [7, 11) is -1.32. The molecule has 1 aliphatic rings. The SMILES string of the molecule is CCOC(=O)C1CCN(C(=O)C(C)N(c2ccc(C)cc2)S(C)=O)CC1. The van der Waals surface area contributed by atoms with Gasteiger partial charge in [0, 0.05) is 19.3 Å². The highest BCUT2D eigenvalue weighted by atomic mass is 32.2. The standard InChI is InChI=1S/C19H28N2O4S/c1-5-25-19(23)16-10-12-20(13-11-16)18(22)15(3)21(26(4)24)17-8-6-14(2)7-9-17/h6-9,15-16H,5,10-13H2,1-4H3. The van der Waals surface area contributed by atoms with Crippen LogP contribution in [0.3, 0.4) is 0 Å². The highest BCUT2D eigenvalue weighted by Crippen LogP contribution is 2.23. The summed E-state index contributed by atoms with van der Waals surface area (Å²) in [5, 5.41) is 0. The van der Waals surface area contributed by atoms with Crippen molar-refractivity contribution in [2.24, 2.45) is 5.92 Å². The van der Waals surface area contributed by atoms with Crippen LogP contribution >= 0.6 is 0 Å². The van der Waals surface area contributed by atoms with E-state index in [0.29, 0.717) is 32.5 Å². The van der Waals surface area contributed by atoms with Crippen LogP contribution in [-0.4, -0.2) is 53.0 Å². The molecule has 6 nitrogen and oxygen atoms in total. The van der Waals surface area contributed by atoms with Crippen LogP contribution in [0.25, 0.3) is 0 Å². The quantitative estimate of drug-likeness (QED) is 0.710. The van der Waals surface area contributed by atoms with E-state index in [2.05, 4.69) is 0 Å². The van der Waals surface area contributed by atoms with Gasteiger partial charge in [-0.25, -0.2) is 4.21 Å². The number of amides is 1. The summed E-state index contributed by atoms with van der Waals surface area (Å²) >= 11 is 0. The number of esters is 1. The number of likely N-dealkylation sites (tertiary alicyclic amines) is 1. The van der Waals surface area contributed by atoms with E-state index >= 15 is 0 Å². The van der Waals surface area contributed by atoms with Crippen molar-refractivity contribution in [1.29, 1.82) is 0 Å². The van der Waals surface area contributed by atoms with Crippen LogP contribution in [0.2, 0.25) is 0 Å². The molecular formula is C19H28N2O4S. The summed E-state index contributed by atoms with van der Waals surface area (Å²) in [6.07, 6.45) is 2.80. The number of aryl methyl sites for hydroxylation is 1. The molecule has 0 aliphatic carbocycles. The van der Waals surface area contributed by atoms with Crippen molar-refractivity contribution in [1.82, 2.24) is 4.90 Å². The molecule has 0 aromatic heterocycles. The molecule has 1 amide bonds. The van der Waals surface area contributed by atoms with E-state index < -0.39 is 17.0 Å². The molecule has 7 heteroatoms. The molecule has 0 bridgehead atoms. The maximum atomic E-state index is 12.9. The van der Waals surface area contributed by atoms with Gasteiger partial charge in [-0.1, -0.05) is 17.7 Å². The molecule has 2 rings (SSSR count). The highest BCUT2D eigenvalue weighted by Gasteiger charge is 2.33. The number of piperidine rings is 1. The van der Waals surface area contributed by atoms with E-state index in [-0.39, 0.29) is 17.8 Å². The van der Waals surface area contributed by atoms with Crippen LogP contribution in [-0.2, 0) is 25.3 Å². The first-order valence-corrected chi connectivity index (χ1v) is 10.5. The Balaban J connectivity index is 2.04. The Kier molecular flexibility index (Phi) is 7.20. The van der Waals surface area contributed by atoms with Gasteiger partial charge in [0.05, 0.1) is 18.2 Å². The first kappa shape index (κ1) is 20.4. The molecular weight excluding hydrogens is 352 g/mol. The van der Waals surface area contributed by atoms with E-state index in [1.165, 1.54) is 0 Å². The van der Waals surface area contributed by atoms with Gasteiger partial charge in [0.2, 0.25) is 5.91 Å². The zero-order valence-corrected chi connectivity index (χ0v) is 16.8. The van der Waals surface area contributed by atoms with E-state index in [9.17, 15) is 13.8 Å². The summed E-state index contributed by atoms with van der Waals surface area (Å²) in [6, 6.07) is 7.11. The summed E-state index contributed by atoms with van der Waals surface area (Å²) in [5.41, 5.74) is 1.87. The number of carbonyl (C=O) groups excluding carboxylic acids is 2. The molecule has 144 valence electrons. The zero-order valence-electron chi connectivity index (χ0n) is 15.9. The number of nitrogens with zero attached hydrogens (tertiary/aromatic N) is 2. The molecule has 1 aromatic rings. The Hall–Kier alpha value is -1.89. The Labute approximate surface area is 158 Å². The van der Waals surface area contributed by atoms with Gasteiger partial charge in [0.1, 0.15) is 17.0 Å². The molecule has 1 saturated heterocycles. The number of ether oxygens (including phenoxy) is 1. The second-order valence-electron chi connectivity index (χ2n) is 6.61. The van der Waals surface area contributed by atoms with E-state index in [1.807, 2.05) is 31.2 Å². The maximum Gasteiger partial charge on any atom is 0.309 e. The molecule has 0 spiro atoms. The lowest BCUT2D eigenvalue weighted by Gasteiger charge is -2.36. The molecule has 2 unspecified atom stereocenters. The molecule has 0 N–H and O–H groups in total. The monoisotopic (exact) mass is 380 g/mol. The molecule has 1 heterocycles. The highest BCUT2D eigenvalue weighted by molar-refractivity contribution is 7.85. The van der Waals surface area contributed by atoms with Gasteiger partial charge >= 0.3 is 5.97 Å². The van der Waals surface area contributed by atoms with Crippen molar-refractivity contribution in [3.05, 3.63) is 29.8 Å². The van der Waals surface area contributed by atoms with Gasteiger partial charge in [-0.05, 0) is 45.7 Å². The van der Waals surface area contributed by atoms with Crippen LogP contribution in [0, 0.1) is 12.8 Å². The second kappa shape index (κ2) is 9.16. The predicted molar refractivity (Wildman–Crippen MR) is 103 cm³/mol. The Morgan fingerprint density at radius 1 is 1.27 bits per heavy atom. The smallest absolute Gasteiger partial charge is 0.309 e. The van der Waals surface area contributed by atoms with Crippen LogP contribution < -0.4 is 4.31 Å². The Morgan fingerprint density at radius 3 is 2.35 bits per heavy atom. The van der Waals surface area contributed by atoms with Gasteiger partial charge in [-0.3, -0.25) is 13.9 Å². The van der Waals surface area contributed by atoms with Gasteiger partial charge in [-0.2, -0.15) is 0 Å². The second-order valence-corrected chi connectivity index (χ2v) is 7.85. The number of hydrogen-bond acceptors (Lipinski definition) is 4. The van der Waals surface area contributed by atoms with Crippen LogP contribution in [0.5, 0.6) is 0 Å². The maximum absolute atomic E-state index is 12.9. The average Bonchev–Trinajstić information content (AvgIpc) is 2.63. The zero-order chi connectivity index (χ0) is 19.3. The predicted octanol–water partition coefficient (Wildman–Crippen LogP) is 2.29. The third-order valence-electron chi connectivity index (χ3n) is 4.70. The van der Waals surface area contributed by atoms with Crippen molar-refractivity contribution in [2.45, 2.75) is 39.7 Å². The lowest BCUT2D eigenvalue weighted by atomic mass is 9.96. The van der Waals surface area contributed by atoms with Gasteiger partial charge in [0.25, 0.3) is 0 Å².